The first-order valence-corrected chi connectivity index (χ1v) is 10.6. The molecular formula is C26H27FN2O2. The minimum absolute atomic E-state index is 0.00884. The van der Waals surface area contributed by atoms with Crippen LogP contribution in [0.1, 0.15) is 50.7 Å². The minimum atomic E-state index is -0.690. The van der Waals surface area contributed by atoms with Crippen molar-refractivity contribution in [3.63, 3.8) is 0 Å². The second-order valence-corrected chi connectivity index (χ2v) is 9.37. The molecule has 0 saturated carbocycles. The minimum Gasteiger partial charge on any atom is -0.325 e. The number of aliphatic imine (C=N–C) groups is 1. The summed E-state index contributed by atoms with van der Waals surface area (Å²) in [6, 6.07) is 13.8. The molecule has 2 aromatic rings. The van der Waals surface area contributed by atoms with Crippen molar-refractivity contribution in [2.45, 2.75) is 46.5 Å². The van der Waals surface area contributed by atoms with Gasteiger partial charge < -0.3 is 5.32 Å². The number of hydrogen-bond acceptors (Lipinski definition) is 3. The van der Waals surface area contributed by atoms with E-state index >= 15 is 0 Å². The van der Waals surface area contributed by atoms with Crippen LogP contribution in [0.15, 0.2) is 64.8 Å². The van der Waals surface area contributed by atoms with Crippen LogP contribution in [-0.4, -0.2) is 17.4 Å². The van der Waals surface area contributed by atoms with Gasteiger partial charge in [-0.1, -0.05) is 44.2 Å². The molecule has 1 heterocycles. The number of nitrogens with one attached hydrogen (secondary N) is 1. The fourth-order valence-electron chi connectivity index (χ4n) is 4.77. The van der Waals surface area contributed by atoms with Crippen LogP contribution in [0.25, 0.3) is 0 Å². The Morgan fingerprint density at radius 2 is 1.84 bits per heavy atom. The number of aryl methyl sites for hydroxylation is 1. The molecule has 0 saturated heterocycles. The van der Waals surface area contributed by atoms with Gasteiger partial charge >= 0.3 is 0 Å². The standard InChI is InChI=1S/C26H27FN2O2/c1-15-8-5-6-11-19(15)29-25(31)22-16(2)28-20-13-26(3,4)14-21(30)24(20)23(22)17-9-7-10-18(27)12-17/h5-12,22-23H,13-14H2,1-4H3,(H,29,31)/t22?,23-/m1/s1. The van der Waals surface area contributed by atoms with Gasteiger partial charge in [0, 0.05) is 35.0 Å². The number of rotatable bonds is 3. The predicted octanol–water partition coefficient (Wildman–Crippen LogP) is 5.59. The van der Waals surface area contributed by atoms with Crippen LogP contribution in [-0.2, 0) is 9.59 Å². The molecule has 0 bridgehead atoms. The van der Waals surface area contributed by atoms with E-state index in [4.69, 9.17) is 4.99 Å². The molecule has 1 amide bonds. The first-order chi connectivity index (χ1) is 14.7. The number of hydrogen-bond donors (Lipinski definition) is 1. The molecule has 4 rings (SSSR count). The summed E-state index contributed by atoms with van der Waals surface area (Å²) in [5.74, 6) is -1.89. The quantitative estimate of drug-likeness (QED) is 0.706. The van der Waals surface area contributed by atoms with E-state index in [0.29, 0.717) is 35.4 Å². The van der Waals surface area contributed by atoms with Crippen molar-refractivity contribution in [2.24, 2.45) is 16.3 Å². The number of nitrogens with zero attached hydrogens (tertiary/aromatic N) is 1. The van der Waals surface area contributed by atoms with Crippen LogP contribution in [0.3, 0.4) is 0 Å². The molecule has 0 spiro atoms. The number of anilines is 1. The Morgan fingerprint density at radius 1 is 1.10 bits per heavy atom. The summed E-state index contributed by atoms with van der Waals surface area (Å²) in [7, 11) is 0. The summed E-state index contributed by atoms with van der Waals surface area (Å²) >= 11 is 0. The summed E-state index contributed by atoms with van der Waals surface area (Å²) in [5, 5.41) is 3.00. The average molecular weight is 419 g/mol. The second-order valence-electron chi connectivity index (χ2n) is 9.37. The molecule has 5 heteroatoms. The molecule has 2 aromatic carbocycles. The number of para-hydroxylation sites is 1. The first kappa shape index (κ1) is 21.2. The molecule has 2 atom stereocenters. The van der Waals surface area contributed by atoms with Crippen LogP contribution in [0.5, 0.6) is 0 Å². The van der Waals surface area contributed by atoms with Gasteiger partial charge in [-0.15, -0.1) is 0 Å². The summed E-state index contributed by atoms with van der Waals surface area (Å²) in [6.45, 7) is 7.85. The Labute approximate surface area is 182 Å². The highest BCUT2D eigenvalue weighted by molar-refractivity contribution is 6.13. The molecule has 0 radical (unpaired) electrons. The lowest BCUT2D eigenvalue weighted by atomic mass is 9.66. The number of carbonyl (C=O) groups is 2. The number of carbonyl (C=O) groups excluding carboxylic acids is 2. The topological polar surface area (TPSA) is 58.5 Å². The first-order valence-electron chi connectivity index (χ1n) is 10.6. The monoisotopic (exact) mass is 418 g/mol. The highest BCUT2D eigenvalue weighted by Gasteiger charge is 2.45. The molecular weight excluding hydrogens is 391 g/mol. The molecule has 0 aromatic heterocycles. The van der Waals surface area contributed by atoms with E-state index in [1.165, 1.54) is 12.1 Å². The van der Waals surface area contributed by atoms with Gasteiger partial charge in [-0.05, 0) is 55.0 Å². The zero-order valence-electron chi connectivity index (χ0n) is 18.3. The lowest BCUT2D eigenvalue weighted by Gasteiger charge is -2.39. The molecule has 1 aliphatic heterocycles. The Bertz CT molecular complexity index is 1130. The maximum Gasteiger partial charge on any atom is 0.234 e. The molecule has 1 N–H and O–H groups in total. The zero-order valence-corrected chi connectivity index (χ0v) is 18.3. The van der Waals surface area contributed by atoms with E-state index in [9.17, 15) is 14.0 Å². The van der Waals surface area contributed by atoms with Crippen LogP contribution in [0, 0.1) is 24.1 Å². The van der Waals surface area contributed by atoms with E-state index in [-0.39, 0.29) is 22.9 Å². The Morgan fingerprint density at radius 3 is 2.55 bits per heavy atom. The van der Waals surface area contributed by atoms with Crippen molar-refractivity contribution >= 4 is 23.1 Å². The summed E-state index contributed by atoms with van der Waals surface area (Å²) in [6.07, 6.45) is 1.04. The second kappa shape index (κ2) is 7.88. The van der Waals surface area contributed by atoms with Gasteiger partial charge in [-0.2, -0.15) is 0 Å². The maximum absolute atomic E-state index is 14.2. The maximum atomic E-state index is 14.2. The van der Waals surface area contributed by atoms with Crippen molar-refractivity contribution in [1.29, 1.82) is 0 Å². The molecule has 2 aliphatic rings. The van der Waals surface area contributed by atoms with E-state index in [1.807, 2.05) is 52.0 Å². The van der Waals surface area contributed by atoms with E-state index in [1.54, 1.807) is 12.1 Å². The molecule has 160 valence electrons. The molecule has 1 aliphatic carbocycles. The number of halogens is 1. The summed E-state index contributed by atoms with van der Waals surface area (Å²) < 4.78 is 14.2. The zero-order chi connectivity index (χ0) is 22.3. The van der Waals surface area contributed by atoms with Crippen LogP contribution in [0.2, 0.25) is 0 Å². The van der Waals surface area contributed by atoms with Gasteiger partial charge in [0.05, 0.1) is 5.92 Å². The number of Topliss-reactive ketones (excluding diaryl/α,β-unsaturated/α-hetero) is 1. The number of benzene rings is 2. The van der Waals surface area contributed by atoms with E-state index in [0.717, 1.165) is 11.3 Å². The third kappa shape index (κ3) is 4.09. The lowest BCUT2D eigenvalue weighted by molar-refractivity contribution is -0.119. The largest absolute Gasteiger partial charge is 0.325 e. The number of allylic oxidation sites excluding steroid dienone is 2. The van der Waals surface area contributed by atoms with Crippen LogP contribution in [0.4, 0.5) is 10.1 Å². The van der Waals surface area contributed by atoms with Gasteiger partial charge in [0.15, 0.2) is 5.78 Å². The SMILES string of the molecule is CC1=NC2=C(C(=O)CC(C)(C)C2)[C@H](c2cccc(F)c2)C1C(=O)Nc1ccccc1C. The average Bonchev–Trinajstić information content (AvgIpc) is 2.67. The molecule has 0 fully saturated rings. The smallest absolute Gasteiger partial charge is 0.234 e. The summed E-state index contributed by atoms with van der Waals surface area (Å²) in [4.78, 5) is 31.5. The van der Waals surface area contributed by atoms with Crippen molar-refractivity contribution in [3.8, 4) is 0 Å². The van der Waals surface area contributed by atoms with Crippen molar-refractivity contribution in [2.75, 3.05) is 5.32 Å². The van der Waals surface area contributed by atoms with Gasteiger partial charge in [-0.3, -0.25) is 14.6 Å². The van der Waals surface area contributed by atoms with Crippen molar-refractivity contribution < 1.29 is 14.0 Å². The fraction of sp³-hybridized carbons (Fsp3) is 0.346. The van der Waals surface area contributed by atoms with Gasteiger partial charge in [0.2, 0.25) is 5.91 Å². The lowest BCUT2D eigenvalue weighted by Crippen LogP contribution is -2.41. The third-order valence-electron chi connectivity index (χ3n) is 6.20. The molecule has 4 nitrogen and oxygen atoms in total. The van der Waals surface area contributed by atoms with E-state index < -0.39 is 11.8 Å². The van der Waals surface area contributed by atoms with Crippen LogP contribution >= 0.6 is 0 Å². The molecule has 1 unspecified atom stereocenters. The normalized spacial score (nSPS) is 22.6. The highest BCUT2D eigenvalue weighted by Crippen LogP contribution is 2.48. The van der Waals surface area contributed by atoms with Gasteiger partial charge in [0.1, 0.15) is 5.82 Å². The third-order valence-corrected chi connectivity index (χ3v) is 6.20. The van der Waals surface area contributed by atoms with Crippen LogP contribution < -0.4 is 5.32 Å². The van der Waals surface area contributed by atoms with Crippen molar-refractivity contribution in [1.82, 2.24) is 0 Å². The predicted molar refractivity (Wildman–Crippen MR) is 121 cm³/mol. The fourth-order valence-corrected chi connectivity index (χ4v) is 4.77. The summed E-state index contributed by atoms with van der Waals surface area (Å²) in [5.41, 5.74) is 4.02. The Balaban J connectivity index is 1.82. The van der Waals surface area contributed by atoms with Crippen molar-refractivity contribution in [3.05, 3.63) is 76.7 Å². The molecule has 31 heavy (non-hydrogen) atoms. The Hall–Kier alpha value is -3.08. The number of amides is 1. The van der Waals surface area contributed by atoms with Gasteiger partial charge in [-0.25, -0.2) is 4.39 Å². The van der Waals surface area contributed by atoms with Gasteiger partial charge in [0.25, 0.3) is 0 Å². The Kier molecular flexibility index (Phi) is 5.38. The number of ketones is 1. The van der Waals surface area contributed by atoms with E-state index in [2.05, 4.69) is 5.32 Å². The highest BCUT2D eigenvalue weighted by atomic mass is 19.1.